The number of likely N-dealkylation sites (tertiary alicyclic amines) is 1. The first-order valence-corrected chi connectivity index (χ1v) is 6.91. The zero-order valence-corrected chi connectivity index (χ0v) is 11.8. The fourth-order valence-corrected chi connectivity index (χ4v) is 2.24. The van der Waals surface area contributed by atoms with Crippen LogP contribution in [0.2, 0.25) is 0 Å². The van der Waals surface area contributed by atoms with Gasteiger partial charge in [0.1, 0.15) is 13.2 Å². The summed E-state index contributed by atoms with van der Waals surface area (Å²) in [6, 6.07) is -0.425. The largest absolute Gasteiger partial charge is 0.480 e. The molecule has 0 aromatic rings. The maximum Gasteiger partial charge on any atom is 0.329 e. The predicted molar refractivity (Wildman–Crippen MR) is 71.2 cm³/mol. The molecular weight excluding hydrogens is 264 g/mol. The molecule has 0 aliphatic carbocycles. The van der Waals surface area contributed by atoms with Gasteiger partial charge in [0.15, 0.2) is 0 Å². The summed E-state index contributed by atoms with van der Waals surface area (Å²) in [4.78, 5) is 35.1. The van der Waals surface area contributed by atoms with Crippen LogP contribution in [0.3, 0.4) is 0 Å². The van der Waals surface area contributed by atoms with E-state index in [1.54, 1.807) is 4.90 Å². The van der Waals surface area contributed by atoms with Gasteiger partial charge in [-0.05, 0) is 25.2 Å². The Bertz CT molecular complexity index is 359. The summed E-state index contributed by atoms with van der Waals surface area (Å²) in [6.07, 6.45) is 4.11. The normalized spacial score (nSPS) is 19.2. The summed E-state index contributed by atoms with van der Waals surface area (Å²) < 4.78 is 4.62. The smallest absolute Gasteiger partial charge is 0.329 e. The molecule has 7 heteroatoms. The van der Waals surface area contributed by atoms with Crippen molar-refractivity contribution in [1.29, 1.82) is 0 Å². The summed E-state index contributed by atoms with van der Waals surface area (Å²) in [5.41, 5.74) is 0. The van der Waals surface area contributed by atoms with Gasteiger partial charge in [-0.2, -0.15) is 0 Å². The lowest BCUT2D eigenvalue weighted by molar-refractivity contribution is -0.143. The second-order valence-corrected chi connectivity index (χ2v) is 4.93. The molecule has 1 unspecified atom stereocenters. The Balaban J connectivity index is 2.30. The number of carboxylic acid groups (broad SMARTS) is 1. The van der Waals surface area contributed by atoms with E-state index in [0.29, 0.717) is 19.0 Å². The molecule has 0 spiro atoms. The fourth-order valence-electron chi connectivity index (χ4n) is 2.24. The van der Waals surface area contributed by atoms with Crippen LogP contribution < -0.4 is 5.32 Å². The topological polar surface area (TPSA) is 95.9 Å². The number of imide groups is 1. The van der Waals surface area contributed by atoms with Crippen molar-refractivity contribution in [1.82, 2.24) is 10.2 Å². The van der Waals surface area contributed by atoms with Gasteiger partial charge in [-0.15, -0.1) is 0 Å². The van der Waals surface area contributed by atoms with E-state index in [2.05, 4.69) is 17.0 Å². The molecule has 1 heterocycles. The molecule has 20 heavy (non-hydrogen) atoms. The Morgan fingerprint density at radius 1 is 1.25 bits per heavy atom. The molecular formula is C13H22N2O5. The number of rotatable bonds is 5. The number of urea groups is 1. The number of carbonyl (C=O) groups is 3. The summed E-state index contributed by atoms with van der Waals surface area (Å²) in [7, 11) is 0. The SMILES string of the molecule is CCC1CCCN(C(=O)NC(=O)COCC(=O)O)CC1. The van der Waals surface area contributed by atoms with Gasteiger partial charge in [0.25, 0.3) is 5.91 Å². The van der Waals surface area contributed by atoms with Crippen LogP contribution in [-0.2, 0) is 14.3 Å². The molecule has 3 amide bonds. The number of carbonyl (C=O) groups excluding carboxylic acids is 2. The fraction of sp³-hybridized carbons (Fsp3) is 0.769. The average Bonchev–Trinajstić information content (AvgIpc) is 2.63. The van der Waals surface area contributed by atoms with Crippen LogP contribution >= 0.6 is 0 Å². The van der Waals surface area contributed by atoms with Crippen molar-refractivity contribution >= 4 is 17.9 Å². The zero-order valence-electron chi connectivity index (χ0n) is 11.8. The van der Waals surface area contributed by atoms with Crippen molar-refractivity contribution in [3.05, 3.63) is 0 Å². The molecule has 7 nitrogen and oxygen atoms in total. The highest BCUT2D eigenvalue weighted by Gasteiger charge is 2.21. The number of aliphatic carboxylic acids is 1. The number of amides is 3. The summed E-state index contributed by atoms with van der Waals surface area (Å²) in [5.74, 6) is -1.13. The molecule has 1 aliphatic heterocycles. The van der Waals surface area contributed by atoms with Gasteiger partial charge in [0, 0.05) is 13.1 Å². The highest BCUT2D eigenvalue weighted by molar-refractivity contribution is 5.95. The number of carboxylic acids is 1. The van der Waals surface area contributed by atoms with Gasteiger partial charge in [-0.3, -0.25) is 10.1 Å². The van der Waals surface area contributed by atoms with Crippen LogP contribution in [0.15, 0.2) is 0 Å². The Labute approximate surface area is 118 Å². The quantitative estimate of drug-likeness (QED) is 0.780. The Morgan fingerprint density at radius 3 is 2.65 bits per heavy atom. The lowest BCUT2D eigenvalue weighted by Gasteiger charge is -2.20. The maximum atomic E-state index is 11.9. The molecule has 0 radical (unpaired) electrons. The minimum Gasteiger partial charge on any atom is -0.480 e. The van der Waals surface area contributed by atoms with Gasteiger partial charge < -0.3 is 14.7 Å². The molecule has 1 fully saturated rings. The lowest BCUT2D eigenvalue weighted by Crippen LogP contribution is -2.44. The predicted octanol–water partition coefficient (Wildman–Crippen LogP) is 0.836. The Morgan fingerprint density at radius 2 is 2.00 bits per heavy atom. The number of hydrogen-bond acceptors (Lipinski definition) is 4. The molecule has 0 saturated carbocycles. The zero-order chi connectivity index (χ0) is 15.0. The van der Waals surface area contributed by atoms with Crippen LogP contribution in [-0.4, -0.2) is 54.2 Å². The highest BCUT2D eigenvalue weighted by atomic mass is 16.5. The van der Waals surface area contributed by atoms with Crippen molar-refractivity contribution in [2.45, 2.75) is 32.6 Å². The monoisotopic (exact) mass is 286 g/mol. The molecule has 114 valence electrons. The molecule has 1 aliphatic rings. The van der Waals surface area contributed by atoms with Gasteiger partial charge in [-0.25, -0.2) is 9.59 Å². The van der Waals surface area contributed by atoms with Gasteiger partial charge >= 0.3 is 12.0 Å². The highest BCUT2D eigenvalue weighted by Crippen LogP contribution is 2.20. The third kappa shape index (κ3) is 6.01. The summed E-state index contributed by atoms with van der Waals surface area (Å²) in [6.45, 7) is 2.45. The minimum absolute atomic E-state index is 0.425. The van der Waals surface area contributed by atoms with E-state index < -0.39 is 31.1 Å². The van der Waals surface area contributed by atoms with Gasteiger partial charge in [-0.1, -0.05) is 13.3 Å². The first-order valence-electron chi connectivity index (χ1n) is 6.91. The minimum atomic E-state index is -1.15. The number of nitrogens with zero attached hydrogens (tertiary/aromatic N) is 1. The summed E-state index contributed by atoms with van der Waals surface area (Å²) in [5, 5.41) is 10.6. The Kier molecular flexibility index (Phi) is 7.00. The van der Waals surface area contributed by atoms with Gasteiger partial charge in [0.05, 0.1) is 0 Å². The van der Waals surface area contributed by atoms with Crippen molar-refractivity contribution < 1.29 is 24.2 Å². The van der Waals surface area contributed by atoms with E-state index in [9.17, 15) is 14.4 Å². The third-order valence-corrected chi connectivity index (χ3v) is 3.42. The van der Waals surface area contributed by atoms with Crippen LogP contribution in [0.4, 0.5) is 4.79 Å². The van der Waals surface area contributed by atoms with Crippen LogP contribution in [0, 0.1) is 5.92 Å². The van der Waals surface area contributed by atoms with E-state index in [1.165, 1.54) is 0 Å². The van der Waals surface area contributed by atoms with Crippen molar-refractivity contribution in [2.24, 2.45) is 5.92 Å². The Hall–Kier alpha value is -1.63. The molecule has 1 rings (SSSR count). The van der Waals surface area contributed by atoms with Crippen LogP contribution in [0.25, 0.3) is 0 Å². The molecule has 0 bridgehead atoms. The lowest BCUT2D eigenvalue weighted by atomic mass is 9.98. The maximum absolute atomic E-state index is 11.9. The average molecular weight is 286 g/mol. The second-order valence-electron chi connectivity index (χ2n) is 4.93. The van der Waals surface area contributed by atoms with E-state index in [1.807, 2.05) is 0 Å². The number of ether oxygens (including phenoxy) is 1. The first kappa shape index (κ1) is 16.4. The second kappa shape index (κ2) is 8.52. The molecule has 2 N–H and O–H groups in total. The molecule has 0 aromatic carbocycles. The van der Waals surface area contributed by atoms with E-state index in [0.717, 1.165) is 25.7 Å². The summed E-state index contributed by atoms with van der Waals surface area (Å²) >= 11 is 0. The molecule has 1 atom stereocenters. The van der Waals surface area contributed by atoms with Crippen molar-refractivity contribution in [2.75, 3.05) is 26.3 Å². The molecule has 0 aromatic heterocycles. The molecule has 1 saturated heterocycles. The van der Waals surface area contributed by atoms with E-state index >= 15 is 0 Å². The van der Waals surface area contributed by atoms with Crippen molar-refractivity contribution in [3.8, 4) is 0 Å². The van der Waals surface area contributed by atoms with Gasteiger partial charge in [0.2, 0.25) is 0 Å². The van der Waals surface area contributed by atoms with Crippen molar-refractivity contribution in [3.63, 3.8) is 0 Å². The third-order valence-electron chi connectivity index (χ3n) is 3.42. The van der Waals surface area contributed by atoms with Crippen LogP contribution in [0.1, 0.15) is 32.6 Å². The van der Waals surface area contributed by atoms with E-state index in [4.69, 9.17) is 5.11 Å². The number of hydrogen-bond donors (Lipinski definition) is 2. The van der Waals surface area contributed by atoms with Crippen LogP contribution in [0.5, 0.6) is 0 Å². The first-order chi connectivity index (χ1) is 9.52. The number of nitrogens with one attached hydrogen (secondary N) is 1. The van der Waals surface area contributed by atoms with E-state index in [-0.39, 0.29) is 0 Å². The standard InChI is InChI=1S/C13H22N2O5/c1-2-10-4-3-6-15(7-5-10)13(19)14-11(16)8-20-9-12(17)18/h10H,2-9H2,1H3,(H,17,18)(H,14,16,19).